The van der Waals surface area contributed by atoms with Crippen molar-refractivity contribution in [3.05, 3.63) is 0 Å². The lowest BCUT2D eigenvalue weighted by Gasteiger charge is -2.30. The van der Waals surface area contributed by atoms with E-state index in [1.165, 1.54) is 0 Å². The van der Waals surface area contributed by atoms with Crippen molar-refractivity contribution >= 4 is 5.91 Å². The van der Waals surface area contributed by atoms with Crippen LogP contribution < -0.4 is 16.6 Å². The van der Waals surface area contributed by atoms with Crippen LogP contribution in [0.1, 0.15) is 6.42 Å². The molecule has 4 N–H and O–H groups in total. The van der Waals surface area contributed by atoms with Crippen molar-refractivity contribution in [2.24, 2.45) is 11.8 Å². The van der Waals surface area contributed by atoms with Crippen molar-refractivity contribution in [1.82, 2.24) is 10.7 Å². The number of hydrazine groups is 1. The molecule has 1 aliphatic heterocycles. The lowest BCUT2D eigenvalue weighted by Crippen LogP contribution is -2.53. The fourth-order valence-corrected chi connectivity index (χ4v) is 1.21. The van der Waals surface area contributed by atoms with Gasteiger partial charge in [-0.3, -0.25) is 10.2 Å². The summed E-state index contributed by atoms with van der Waals surface area (Å²) < 4.78 is 25.9. The molecular formula is C6H11F2N3O. The smallest absolute Gasteiger partial charge is 0.262 e. The fraction of sp³-hybridized carbons (Fsp3) is 0.833. The van der Waals surface area contributed by atoms with Gasteiger partial charge in [-0.05, 0) is 0 Å². The molecule has 6 heteroatoms. The van der Waals surface area contributed by atoms with Gasteiger partial charge in [-0.2, -0.15) is 0 Å². The van der Waals surface area contributed by atoms with Crippen LogP contribution in [0.5, 0.6) is 0 Å². The second kappa shape index (κ2) is 3.32. The zero-order valence-electron chi connectivity index (χ0n) is 6.44. The maximum atomic E-state index is 12.9. The molecule has 1 aliphatic rings. The molecule has 0 spiro atoms. The highest BCUT2D eigenvalue weighted by Gasteiger charge is 2.45. The van der Waals surface area contributed by atoms with Gasteiger partial charge in [0.05, 0.1) is 0 Å². The van der Waals surface area contributed by atoms with Crippen LogP contribution in [0.2, 0.25) is 0 Å². The minimum absolute atomic E-state index is 0.0178. The highest BCUT2D eigenvalue weighted by molar-refractivity contribution is 5.79. The number of nitrogens with two attached hydrogens (primary N) is 1. The Bertz CT molecular complexity index is 186. The summed E-state index contributed by atoms with van der Waals surface area (Å²) in [7, 11) is 0. The standard InChI is InChI=1S/C6H11F2N3O/c7-6(8)1-2-10-3-4(6)5(12)11-9/h4,10H,1-3,9H2,(H,11,12). The summed E-state index contributed by atoms with van der Waals surface area (Å²) in [4.78, 5) is 10.8. The molecule has 12 heavy (non-hydrogen) atoms. The Morgan fingerprint density at radius 3 is 2.83 bits per heavy atom. The number of piperidine rings is 1. The molecule has 1 heterocycles. The first kappa shape index (κ1) is 9.34. The molecule has 0 radical (unpaired) electrons. The van der Waals surface area contributed by atoms with Crippen LogP contribution in [-0.2, 0) is 4.79 Å². The van der Waals surface area contributed by atoms with Crippen LogP contribution in [-0.4, -0.2) is 24.9 Å². The maximum Gasteiger partial charge on any atom is 0.262 e. The number of hydrogen-bond donors (Lipinski definition) is 3. The average molecular weight is 179 g/mol. The molecule has 1 fully saturated rings. The number of carbonyl (C=O) groups is 1. The molecule has 0 aromatic carbocycles. The molecule has 1 unspecified atom stereocenters. The van der Waals surface area contributed by atoms with Gasteiger partial charge in [0.1, 0.15) is 5.92 Å². The van der Waals surface area contributed by atoms with Gasteiger partial charge in [-0.25, -0.2) is 14.6 Å². The Labute approximate surface area is 68.5 Å². The first-order valence-corrected chi connectivity index (χ1v) is 3.67. The van der Waals surface area contributed by atoms with Crippen molar-refractivity contribution in [3.8, 4) is 0 Å². The lowest BCUT2D eigenvalue weighted by molar-refractivity contribution is -0.143. The highest BCUT2D eigenvalue weighted by atomic mass is 19.3. The molecule has 4 nitrogen and oxygen atoms in total. The molecule has 0 bridgehead atoms. The van der Waals surface area contributed by atoms with Crippen molar-refractivity contribution in [2.45, 2.75) is 12.3 Å². The van der Waals surface area contributed by atoms with E-state index in [1.54, 1.807) is 5.43 Å². The number of halogens is 2. The Balaban J connectivity index is 2.66. The van der Waals surface area contributed by atoms with Gasteiger partial charge in [0.2, 0.25) is 5.91 Å². The molecule has 1 atom stereocenters. The summed E-state index contributed by atoms with van der Waals surface area (Å²) in [6, 6.07) is 0. The van der Waals surface area contributed by atoms with E-state index in [9.17, 15) is 13.6 Å². The number of alkyl halides is 2. The van der Waals surface area contributed by atoms with Crippen LogP contribution in [0, 0.1) is 5.92 Å². The minimum Gasteiger partial charge on any atom is -0.315 e. The Kier molecular flexibility index (Phi) is 2.58. The van der Waals surface area contributed by atoms with Crippen molar-refractivity contribution < 1.29 is 13.6 Å². The highest BCUT2D eigenvalue weighted by Crippen LogP contribution is 2.30. The van der Waals surface area contributed by atoms with Gasteiger partial charge >= 0.3 is 0 Å². The minimum atomic E-state index is -2.94. The topological polar surface area (TPSA) is 67.1 Å². The van der Waals surface area contributed by atoms with Crippen LogP contribution in [0.15, 0.2) is 0 Å². The van der Waals surface area contributed by atoms with Crippen LogP contribution >= 0.6 is 0 Å². The molecule has 0 saturated carbocycles. The molecule has 70 valence electrons. The molecular weight excluding hydrogens is 168 g/mol. The third-order valence-electron chi connectivity index (χ3n) is 1.95. The van der Waals surface area contributed by atoms with E-state index < -0.39 is 17.7 Å². The Hall–Kier alpha value is -0.750. The first-order valence-electron chi connectivity index (χ1n) is 3.67. The predicted octanol–water partition coefficient (Wildman–Crippen LogP) is -0.779. The lowest BCUT2D eigenvalue weighted by atomic mass is 9.94. The van der Waals surface area contributed by atoms with Crippen LogP contribution in [0.25, 0.3) is 0 Å². The summed E-state index contributed by atoms with van der Waals surface area (Å²) in [6.07, 6.45) is -0.314. The van der Waals surface area contributed by atoms with Gasteiger partial charge in [-0.15, -0.1) is 0 Å². The molecule has 0 aromatic heterocycles. The zero-order chi connectivity index (χ0) is 9.19. The quantitative estimate of drug-likeness (QED) is 0.281. The second-order valence-electron chi connectivity index (χ2n) is 2.78. The Morgan fingerprint density at radius 1 is 1.67 bits per heavy atom. The Morgan fingerprint density at radius 2 is 2.33 bits per heavy atom. The molecule has 0 aromatic rings. The third kappa shape index (κ3) is 1.70. The monoisotopic (exact) mass is 179 g/mol. The van der Waals surface area contributed by atoms with Gasteiger partial charge in [0.15, 0.2) is 0 Å². The van der Waals surface area contributed by atoms with Gasteiger partial charge in [0, 0.05) is 19.5 Å². The van der Waals surface area contributed by atoms with E-state index >= 15 is 0 Å². The largest absolute Gasteiger partial charge is 0.315 e. The molecule has 1 saturated heterocycles. The summed E-state index contributed by atoms with van der Waals surface area (Å²) in [5.74, 6) is -0.322. The second-order valence-corrected chi connectivity index (χ2v) is 2.78. The zero-order valence-corrected chi connectivity index (χ0v) is 6.44. The number of amides is 1. The van der Waals surface area contributed by atoms with Crippen LogP contribution in [0.3, 0.4) is 0 Å². The average Bonchev–Trinajstić information content (AvgIpc) is 2.02. The van der Waals surface area contributed by atoms with E-state index in [4.69, 9.17) is 5.84 Å². The van der Waals surface area contributed by atoms with Crippen molar-refractivity contribution in [3.63, 3.8) is 0 Å². The fourth-order valence-electron chi connectivity index (χ4n) is 1.21. The van der Waals surface area contributed by atoms with E-state index in [2.05, 4.69) is 5.32 Å². The molecule has 1 rings (SSSR count). The van der Waals surface area contributed by atoms with Gasteiger partial charge in [0.25, 0.3) is 5.92 Å². The molecule has 0 aliphatic carbocycles. The van der Waals surface area contributed by atoms with E-state index in [1.807, 2.05) is 0 Å². The molecule has 1 amide bonds. The van der Waals surface area contributed by atoms with Gasteiger partial charge in [-0.1, -0.05) is 0 Å². The van der Waals surface area contributed by atoms with Crippen molar-refractivity contribution in [2.75, 3.05) is 13.1 Å². The SMILES string of the molecule is NNC(=O)C1CNCCC1(F)F. The maximum absolute atomic E-state index is 12.9. The number of nitrogens with one attached hydrogen (secondary N) is 2. The van der Waals surface area contributed by atoms with E-state index in [-0.39, 0.29) is 19.5 Å². The van der Waals surface area contributed by atoms with Gasteiger partial charge < -0.3 is 5.32 Å². The first-order chi connectivity index (χ1) is 5.58. The number of carbonyl (C=O) groups excluding carboxylic acids is 1. The van der Waals surface area contributed by atoms with Crippen molar-refractivity contribution in [1.29, 1.82) is 0 Å². The summed E-state index contributed by atoms with van der Waals surface area (Å²) >= 11 is 0. The number of rotatable bonds is 1. The normalized spacial score (nSPS) is 28.1. The van der Waals surface area contributed by atoms with E-state index in [0.717, 1.165) is 0 Å². The van der Waals surface area contributed by atoms with Crippen LogP contribution in [0.4, 0.5) is 8.78 Å². The third-order valence-corrected chi connectivity index (χ3v) is 1.95. The number of hydrogen-bond acceptors (Lipinski definition) is 3. The summed E-state index contributed by atoms with van der Waals surface area (Å²) in [6.45, 7) is 0.220. The predicted molar refractivity (Wildman–Crippen MR) is 38.3 cm³/mol. The van der Waals surface area contributed by atoms with E-state index in [0.29, 0.717) is 0 Å². The summed E-state index contributed by atoms with van der Waals surface area (Å²) in [5.41, 5.74) is 1.73. The summed E-state index contributed by atoms with van der Waals surface area (Å²) in [5, 5.41) is 2.71.